The first-order chi connectivity index (χ1) is 7.74. The number of aromatic hydroxyl groups is 1. The Balaban J connectivity index is 3.36. The molecule has 2 N–H and O–H groups in total. The van der Waals surface area contributed by atoms with Crippen LogP contribution in [-0.4, -0.2) is 31.0 Å². The number of carbonyl (C=O) groups excluding carboxylic acids is 1. The van der Waals surface area contributed by atoms with Gasteiger partial charge in [0.15, 0.2) is 17.3 Å². The van der Waals surface area contributed by atoms with Gasteiger partial charge in [-0.3, -0.25) is 9.35 Å². The maximum absolute atomic E-state index is 11.1. The minimum absolute atomic E-state index is 0.134. The molecule has 0 aromatic heterocycles. The molecule has 0 radical (unpaired) electrons. The lowest BCUT2D eigenvalue weighted by atomic mass is 10.1. The Morgan fingerprint density at radius 3 is 2.29 bits per heavy atom. The number of ketones is 1. The molecule has 0 saturated heterocycles. The lowest BCUT2D eigenvalue weighted by Gasteiger charge is -2.10. The lowest BCUT2D eigenvalue weighted by molar-refractivity contribution is 0.101. The molecule has 1 rings (SSSR count). The molecule has 0 unspecified atom stereocenters. The van der Waals surface area contributed by atoms with E-state index in [0.29, 0.717) is 0 Å². The Morgan fingerprint density at radius 2 is 1.88 bits per heavy atom. The van der Waals surface area contributed by atoms with Crippen molar-refractivity contribution in [2.45, 2.75) is 6.92 Å². The van der Waals surface area contributed by atoms with Crippen molar-refractivity contribution in [1.29, 1.82) is 0 Å². The van der Waals surface area contributed by atoms with Gasteiger partial charge in [0.25, 0.3) is 0 Å². The van der Waals surface area contributed by atoms with Crippen LogP contribution in [0.3, 0.4) is 0 Å². The van der Waals surface area contributed by atoms with E-state index < -0.39 is 21.9 Å². The van der Waals surface area contributed by atoms with Gasteiger partial charge in [-0.15, -0.1) is 0 Å². The fourth-order valence-corrected chi connectivity index (χ4v) is 1.53. The highest BCUT2D eigenvalue weighted by molar-refractivity contribution is 7.81. The third-order valence-corrected chi connectivity index (χ3v) is 2.25. The topological polar surface area (TPSA) is 110 Å². The quantitative estimate of drug-likeness (QED) is 0.609. The lowest BCUT2D eigenvalue weighted by Crippen LogP contribution is -2.08. The summed E-state index contributed by atoms with van der Waals surface area (Å²) in [4.78, 5) is 11.1. The van der Waals surface area contributed by atoms with E-state index in [0.717, 1.165) is 12.1 Å². The smallest absolute Gasteiger partial charge is 0.446 e. The van der Waals surface area contributed by atoms with Gasteiger partial charge >= 0.3 is 10.4 Å². The Labute approximate surface area is 97.5 Å². The van der Waals surface area contributed by atoms with Crippen LogP contribution < -0.4 is 8.92 Å². The van der Waals surface area contributed by atoms with Crippen LogP contribution in [0.15, 0.2) is 12.1 Å². The molecule has 94 valence electrons. The molecule has 17 heavy (non-hydrogen) atoms. The van der Waals surface area contributed by atoms with Gasteiger partial charge in [0.05, 0.1) is 12.7 Å². The summed E-state index contributed by atoms with van der Waals surface area (Å²) in [5, 5.41) is 9.45. The van der Waals surface area contributed by atoms with Crippen LogP contribution in [-0.2, 0) is 10.4 Å². The number of methoxy groups -OCH3 is 1. The van der Waals surface area contributed by atoms with Crippen LogP contribution in [0.4, 0.5) is 0 Å². The summed E-state index contributed by atoms with van der Waals surface area (Å²) in [5.41, 5.74) is -0.149. The maximum Gasteiger partial charge on any atom is 0.446 e. The highest BCUT2D eigenvalue weighted by Crippen LogP contribution is 2.35. The van der Waals surface area contributed by atoms with Gasteiger partial charge in [0, 0.05) is 12.1 Å². The van der Waals surface area contributed by atoms with E-state index >= 15 is 0 Å². The molecule has 0 fully saturated rings. The van der Waals surface area contributed by atoms with E-state index in [2.05, 4.69) is 4.18 Å². The zero-order chi connectivity index (χ0) is 13.2. The Bertz CT molecular complexity index is 547. The van der Waals surface area contributed by atoms with Crippen LogP contribution in [0.1, 0.15) is 17.3 Å². The van der Waals surface area contributed by atoms with Crippen molar-refractivity contribution in [1.82, 2.24) is 0 Å². The number of ether oxygens (including phenoxy) is 1. The predicted molar refractivity (Wildman–Crippen MR) is 56.8 cm³/mol. The number of Topliss-reactive ketones (excluding diaryl/α,β-unsaturated/α-hetero) is 1. The monoisotopic (exact) mass is 262 g/mol. The summed E-state index contributed by atoms with van der Waals surface area (Å²) >= 11 is 0. The van der Waals surface area contributed by atoms with Gasteiger partial charge in [-0.1, -0.05) is 0 Å². The minimum Gasteiger partial charge on any atom is -0.507 e. The van der Waals surface area contributed by atoms with Crippen molar-refractivity contribution in [3.63, 3.8) is 0 Å². The number of benzene rings is 1. The van der Waals surface area contributed by atoms with Crippen molar-refractivity contribution in [3.8, 4) is 17.2 Å². The number of hydrogen-bond acceptors (Lipinski definition) is 6. The Hall–Kier alpha value is -1.80. The number of carbonyl (C=O) groups is 1. The second kappa shape index (κ2) is 4.60. The zero-order valence-corrected chi connectivity index (χ0v) is 9.82. The molecule has 0 aliphatic heterocycles. The summed E-state index contributed by atoms with van der Waals surface area (Å²) < 4.78 is 38.6. The first-order valence-corrected chi connectivity index (χ1v) is 5.70. The van der Waals surface area contributed by atoms with Crippen LogP contribution >= 0.6 is 0 Å². The summed E-state index contributed by atoms with van der Waals surface area (Å²) in [5.74, 6) is -1.40. The van der Waals surface area contributed by atoms with E-state index in [9.17, 15) is 18.3 Å². The predicted octanol–water partition coefficient (Wildman–Crippen LogP) is 0.785. The molecule has 1 aromatic carbocycles. The molecular formula is C9H10O7S. The average molecular weight is 262 g/mol. The molecule has 8 heteroatoms. The molecule has 0 heterocycles. The molecule has 0 amide bonds. The third kappa shape index (κ3) is 3.33. The molecule has 0 saturated carbocycles. The van der Waals surface area contributed by atoms with Gasteiger partial charge in [-0.2, -0.15) is 8.42 Å². The van der Waals surface area contributed by atoms with Crippen molar-refractivity contribution < 1.29 is 31.8 Å². The summed E-state index contributed by atoms with van der Waals surface area (Å²) in [6.07, 6.45) is 0. The number of hydrogen-bond donors (Lipinski definition) is 2. The molecule has 0 atom stereocenters. The first kappa shape index (κ1) is 13.3. The van der Waals surface area contributed by atoms with E-state index in [-0.39, 0.29) is 17.1 Å². The van der Waals surface area contributed by atoms with Gasteiger partial charge in [0.1, 0.15) is 5.75 Å². The highest BCUT2D eigenvalue weighted by Gasteiger charge is 2.18. The normalized spacial score (nSPS) is 11.0. The molecule has 0 aliphatic rings. The zero-order valence-electron chi connectivity index (χ0n) is 9.00. The number of rotatable bonds is 4. The molecular weight excluding hydrogens is 252 g/mol. The van der Waals surface area contributed by atoms with Crippen LogP contribution in [0.2, 0.25) is 0 Å². The van der Waals surface area contributed by atoms with E-state index in [1.807, 2.05) is 0 Å². The SMILES string of the molecule is COc1cc(O)c(C(C)=O)cc1OS(=O)(=O)O. The van der Waals surface area contributed by atoms with E-state index in [1.165, 1.54) is 14.0 Å². The van der Waals surface area contributed by atoms with Crippen molar-refractivity contribution in [2.24, 2.45) is 0 Å². The van der Waals surface area contributed by atoms with Crippen molar-refractivity contribution in [2.75, 3.05) is 7.11 Å². The number of phenolic OH excluding ortho intramolecular Hbond substituents is 1. The highest BCUT2D eigenvalue weighted by atomic mass is 32.3. The summed E-state index contributed by atoms with van der Waals surface area (Å²) in [7, 11) is -3.53. The molecule has 7 nitrogen and oxygen atoms in total. The maximum atomic E-state index is 11.1. The van der Waals surface area contributed by atoms with Crippen LogP contribution in [0, 0.1) is 0 Å². The Kier molecular flexibility index (Phi) is 3.59. The molecule has 0 aliphatic carbocycles. The summed E-state index contributed by atoms with van der Waals surface area (Å²) in [6, 6.07) is 1.97. The Morgan fingerprint density at radius 1 is 1.29 bits per heavy atom. The fraction of sp³-hybridized carbons (Fsp3) is 0.222. The second-order valence-electron chi connectivity index (χ2n) is 3.09. The van der Waals surface area contributed by atoms with Crippen LogP contribution in [0.5, 0.6) is 17.2 Å². The third-order valence-electron chi connectivity index (χ3n) is 1.86. The van der Waals surface area contributed by atoms with E-state index in [1.54, 1.807) is 0 Å². The van der Waals surface area contributed by atoms with Gasteiger partial charge in [0.2, 0.25) is 0 Å². The largest absolute Gasteiger partial charge is 0.507 e. The minimum atomic E-state index is -4.74. The van der Waals surface area contributed by atoms with Gasteiger partial charge in [-0.05, 0) is 6.92 Å². The van der Waals surface area contributed by atoms with Crippen LogP contribution in [0.25, 0.3) is 0 Å². The van der Waals surface area contributed by atoms with Gasteiger partial charge < -0.3 is 14.0 Å². The fourth-order valence-electron chi connectivity index (χ4n) is 1.17. The standard InChI is InChI=1S/C9H10O7S/c1-5(10)6-3-9(16-17(12,13)14)8(15-2)4-7(6)11/h3-4,11H,1-2H3,(H,12,13,14). The number of phenols is 1. The molecule has 0 bridgehead atoms. The first-order valence-electron chi connectivity index (χ1n) is 4.33. The second-order valence-corrected chi connectivity index (χ2v) is 4.11. The van der Waals surface area contributed by atoms with Gasteiger partial charge in [-0.25, -0.2) is 0 Å². The molecule has 1 aromatic rings. The summed E-state index contributed by atoms with van der Waals surface area (Å²) in [6.45, 7) is 1.18. The van der Waals surface area contributed by atoms with Crippen molar-refractivity contribution >= 4 is 16.2 Å². The van der Waals surface area contributed by atoms with Crippen molar-refractivity contribution in [3.05, 3.63) is 17.7 Å². The molecule has 0 spiro atoms. The van der Waals surface area contributed by atoms with E-state index in [4.69, 9.17) is 9.29 Å². The average Bonchev–Trinajstić information content (AvgIpc) is 2.17.